The third-order valence-corrected chi connectivity index (χ3v) is 8.53. The van der Waals surface area contributed by atoms with Gasteiger partial charge in [0.2, 0.25) is 5.91 Å². The van der Waals surface area contributed by atoms with E-state index in [1.807, 2.05) is 66.7 Å². The monoisotopic (exact) mass is 625 g/mol. The number of amides is 1. The number of halogens is 2. The predicted octanol–water partition coefficient (Wildman–Crippen LogP) is 5.97. The number of fused-ring (bicyclic) bond motifs is 1. The van der Waals surface area contributed by atoms with E-state index in [0.29, 0.717) is 41.9 Å². The number of esters is 1. The van der Waals surface area contributed by atoms with Crippen molar-refractivity contribution in [1.82, 2.24) is 4.90 Å². The summed E-state index contributed by atoms with van der Waals surface area (Å²) in [5, 5.41) is 1.21. The highest BCUT2D eigenvalue weighted by atomic mass is 35.5. The van der Waals surface area contributed by atoms with E-state index in [-0.39, 0.29) is 19.2 Å². The zero-order chi connectivity index (χ0) is 30.0. The smallest absolute Gasteiger partial charge is 0.333 e. The van der Waals surface area contributed by atoms with Gasteiger partial charge >= 0.3 is 5.97 Å². The molecule has 0 aliphatic carbocycles. The largest absolute Gasteiger partial charge is 0.494 e. The van der Waals surface area contributed by atoms with Crippen LogP contribution in [0.5, 0.6) is 5.75 Å². The molecule has 10 heteroatoms. The first kappa shape index (κ1) is 31.1. The van der Waals surface area contributed by atoms with Crippen molar-refractivity contribution in [2.45, 2.75) is 32.3 Å². The Hall–Kier alpha value is -3.30. The van der Waals surface area contributed by atoms with E-state index < -0.39 is 5.97 Å². The summed E-state index contributed by atoms with van der Waals surface area (Å²) in [6.07, 6.45) is 2.96. The minimum atomic E-state index is -0.516. The molecule has 43 heavy (non-hydrogen) atoms. The molecule has 1 fully saturated rings. The molecule has 1 saturated heterocycles. The van der Waals surface area contributed by atoms with Crippen LogP contribution in [0.3, 0.4) is 0 Å². The topological polar surface area (TPSA) is 71.5 Å². The van der Waals surface area contributed by atoms with Crippen LogP contribution < -0.4 is 14.5 Å². The van der Waals surface area contributed by atoms with Crippen LogP contribution in [-0.4, -0.2) is 69.4 Å². The zero-order valence-electron chi connectivity index (χ0n) is 24.2. The lowest BCUT2D eigenvalue weighted by Gasteiger charge is -2.36. The minimum absolute atomic E-state index is 0.0830. The molecule has 2 aliphatic rings. The van der Waals surface area contributed by atoms with Crippen molar-refractivity contribution in [3.8, 4) is 5.75 Å². The van der Waals surface area contributed by atoms with Gasteiger partial charge in [0.25, 0.3) is 0 Å². The molecular formula is C33H37Cl2N3O5. The average molecular weight is 627 g/mol. The van der Waals surface area contributed by atoms with Crippen LogP contribution >= 0.6 is 23.2 Å². The summed E-state index contributed by atoms with van der Waals surface area (Å²) in [5.41, 5.74) is 3.73. The van der Waals surface area contributed by atoms with Gasteiger partial charge in [0.15, 0.2) is 6.73 Å². The molecule has 5 rings (SSSR count). The second-order valence-corrected chi connectivity index (χ2v) is 11.5. The van der Waals surface area contributed by atoms with Gasteiger partial charge in [0.1, 0.15) is 12.4 Å². The van der Waals surface area contributed by atoms with Crippen molar-refractivity contribution >= 4 is 46.5 Å². The fourth-order valence-electron chi connectivity index (χ4n) is 5.33. The summed E-state index contributed by atoms with van der Waals surface area (Å²) in [7, 11) is 0. The number of rotatable bonds is 13. The summed E-state index contributed by atoms with van der Waals surface area (Å²) in [6.45, 7) is 5.35. The normalized spacial score (nSPS) is 15.3. The highest BCUT2D eigenvalue weighted by molar-refractivity contribution is 6.43. The number of aryl methyl sites for hydroxylation is 1. The molecule has 0 bridgehead atoms. The number of unbranched alkanes of at least 4 members (excludes halogenated alkanes) is 1. The summed E-state index contributed by atoms with van der Waals surface area (Å²) < 4.78 is 16.9. The van der Waals surface area contributed by atoms with Crippen LogP contribution in [0.4, 0.5) is 11.4 Å². The molecule has 228 valence electrons. The number of anilines is 2. The van der Waals surface area contributed by atoms with Crippen molar-refractivity contribution in [2.24, 2.45) is 0 Å². The highest BCUT2D eigenvalue weighted by Crippen LogP contribution is 2.33. The zero-order valence-corrected chi connectivity index (χ0v) is 25.7. The Morgan fingerprint density at radius 2 is 1.67 bits per heavy atom. The average Bonchev–Trinajstić information content (AvgIpc) is 3.02. The van der Waals surface area contributed by atoms with Crippen molar-refractivity contribution in [3.05, 3.63) is 87.9 Å². The number of benzene rings is 3. The molecule has 0 saturated carbocycles. The fraction of sp³-hybridized carbons (Fsp3) is 0.394. The van der Waals surface area contributed by atoms with Crippen molar-refractivity contribution in [1.29, 1.82) is 0 Å². The molecule has 0 N–H and O–H groups in total. The molecule has 2 heterocycles. The summed E-state index contributed by atoms with van der Waals surface area (Å²) in [5.74, 6) is 0.0984. The number of nitrogens with zero attached hydrogens (tertiary/aromatic N) is 3. The van der Waals surface area contributed by atoms with E-state index in [0.717, 1.165) is 68.1 Å². The van der Waals surface area contributed by atoms with Gasteiger partial charge in [-0.25, -0.2) is 4.79 Å². The third kappa shape index (κ3) is 8.63. The summed E-state index contributed by atoms with van der Waals surface area (Å²) in [6, 6.07) is 21.2. The lowest BCUT2D eigenvalue weighted by atomic mass is 10.0. The molecular weight excluding hydrogens is 589 g/mol. The Morgan fingerprint density at radius 3 is 2.49 bits per heavy atom. The maximum Gasteiger partial charge on any atom is 0.333 e. The van der Waals surface area contributed by atoms with Gasteiger partial charge in [-0.15, -0.1) is 0 Å². The number of hydrogen-bond donors (Lipinski definition) is 0. The van der Waals surface area contributed by atoms with Gasteiger partial charge in [-0.2, -0.15) is 0 Å². The molecule has 1 amide bonds. The maximum absolute atomic E-state index is 12.7. The SMILES string of the molecule is O=C(COCc1ccccc1)OCN1C(=O)CCc2ccc(OCCCCN3CCN(c4cccc(Cl)c4Cl)CC3)cc21. The molecule has 3 aromatic rings. The second kappa shape index (κ2) is 15.4. The highest BCUT2D eigenvalue weighted by Gasteiger charge is 2.26. The van der Waals surface area contributed by atoms with E-state index in [1.54, 1.807) is 0 Å². The van der Waals surface area contributed by atoms with Gasteiger partial charge in [-0.3, -0.25) is 14.6 Å². The molecule has 0 radical (unpaired) electrons. The number of ether oxygens (including phenoxy) is 3. The number of hydrogen-bond acceptors (Lipinski definition) is 7. The third-order valence-electron chi connectivity index (χ3n) is 7.72. The number of carbonyl (C=O) groups excluding carboxylic acids is 2. The van der Waals surface area contributed by atoms with E-state index >= 15 is 0 Å². The van der Waals surface area contributed by atoms with E-state index in [2.05, 4.69) is 9.80 Å². The lowest BCUT2D eigenvalue weighted by Crippen LogP contribution is -2.46. The van der Waals surface area contributed by atoms with Crippen molar-refractivity contribution in [3.63, 3.8) is 0 Å². The quantitative estimate of drug-likeness (QED) is 0.171. The standard InChI is InChI=1S/C33H37Cl2N3O5/c34-28-9-6-10-29(33(28)35)37-18-16-36(17-19-37)15-4-5-20-42-27-13-11-26-12-14-31(39)38(30(26)21-27)24-43-32(40)23-41-22-25-7-2-1-3-8-25/h1-3,6-11,13,21H,4-5,12,14-20,22-24H2. The van der Waals surface area contributed by atoms with Gasteiger partial charge in [0.05, 0.1) is 34.6 Å². The molecule has 0 atom stereocenters. The summed E-state index contributed by atoms with van der Waals surface area (Å²) in [4.78, 5) is 31.2. The maximum atomic E-state index is 12.7. The number of piperazine rings is 1. The fourth-order valence-corrected chi connectivity index (χ4v) is 5.74. The lowest BCUT2D eigenvalue weighted by molar-refractivity contribution is -0.149. The molecule has 0 aromatic heterocycles. The van der Waals surface area contributed by atoms with Crippen LogP contribution in [0.25, 0.3) is 0 Å². The van der Waals surface area contributed by atoms with Gasteiger partial charge in [-0.1, -0.05) is 65.7 Å². The van der Waals surface area contributed by atoms with Crippen molar-refractivity contribution < 1.29 is 23.8 Å². The molecule has 8 nitrogen and oxygen atoms in total. The Labute approximate surface area is 263 Å². The Bertz CT molecular complexity index is 1380. The van der Waals surface area contributed by atoms with E-state index in [9.17, 15) is 9.59 Å². The Kier molecular flexibility index (Phi) is 11.2. The predicted molar refractivity (Wildman–Crippen MR) is 169 cm³/mol. The summed E-state index contributed by atoms with van der Waals surface area (Å²) >= 11 is 12.6. The first-order valence-electron chi connectivity index (χ1n) is 14.7. The van der Waals surface area contributed by atoms with Crippen LogP contribution in [0.15, 0.2) is 66.7 Å². The van der Waals surface area contributed by atoms with Crippen LogP contribution in [0.2, 0.25) is 10.0 Å². The van der Waals surface area contributed by atoms with Crippen LogP contribution in [-0.2, 0) is 32.1 Å². The minimum Gasteiger partial charge on any atom is -0.494 e. The number of carbonyl (C=O) groups is 2. The van der Waals surface area contributed by atoms with Crippen LogP contribution in [0.1, 0.15) is 30.4 Å². The van der Waals surface area contributed by atoms with Crippen LogP contribution in [0, 0.1) is 0 Å². The molecule has 0 unspecified atom stereocenters. The van der Waals surface area contributed by atoms with Gasteiger partial charge in [0, 0.05) is 38.7 Å². The first-order chi connectivity index (χ1) is 21.0. The Morgan fingerprint density at radius 1 is 0.860 bits per heavy atom. The van der Waals surface area contributed by atoms with E-state index in [4.69, 9.17) is 37.4 Å². The van der Waals surface area contributed by atoms with Gasteiger partial charge in [-0.05, 0) is 55.1 Å². The van der Waals surface area contributed by atoms with Crippen molar-refractivity contribution in [2.75, 3.05) is 62.5 Å². The van der Waals surface area contributed by atoms with Gasteiger partial charge < -0.3 is 19.1 Å². The Balaban J connectivity index is 1.03. The molecule has 3 aromatic carbocycles. The second-order valence-electron chi connectivity index (χ2n) is 10.7. The molecule has 0 spiro atoms. The van der Waals surface area contributed by atoms with E-state index in [1.165, 1.54) is 4.90 Å². The molecule has 2 aliphatic heterocycles. The first-order valence-corrected chi connectivity index (χ1v) is 15.5.